The van der Waals surface area contributed by atoms with Gasteiger partial charge in [0.15, 0.2) is 0 Å². The van der Waals surface area contributed by atoms with Crippen LogP contribution in [0.1, 0.15) is 80.2 Å². The Kier molecular flexibility index (Phi) is 19.1. The molecule has 66 heavy (non-hydrogen) atoms. The summed E-state index contributed by atoms with van der Waals surface area (Å²) in [5.41, 5.74) is 3.45. The minimum Gasteiger partial charge on any atom is -0.493 e. The number of nitriles is 1. The van der Waals surface area contributed by atoms with E-state index < -0.39 is 11.9 Å². The molecule has 1 aliphatic heterocycles. The Bertz CT molecular complexity index is 2350. The van der Waals surface area contributed by atoms with E-state index in [9.17, 15) is 19.2 Å². The number of rotatable bonds is 21. The number of hydrogen-bond acceptors (Lipinski definition) is 13. The van der Waals surface area contributed by atoms with Gasteiger partial charge in [0.2, 0.25) is 0 Å². The summed E-state index contributed by atoms with van der Waals surface area (Å²) in [6.45, 7) is 12.6. The molecule has 1 heterocycles. The zero-order valence-electron chi connectivity index (χ0n) is 38.1. The van der Waals surface area contributed by atoms with Crippen LogP contribution in [-0.2, 0) is 23.8 Å². The van der Waals surface area contributed by atoms with Crippen LogP contribution in [0.3, 0.4) is 0 Å². The van der Waals surface area contributed by atoms with Gasteiger partial charge < -0.3 is 37.9 Å². The lowest BCUT2D eigenvalue weighted by Gasteiger charge is -2.40. The minimum atomic E-state index is -0.477. The average Bonchev–Trinajstić information content (AvgIpc) is 3.34. The van der Waals surface area contributed by atoms with E-state index in [1.165, 1.54) is 0 Å². The summed E-state index contributed by atoms with van der Waals surface area (Å²) in [6.07, 6.45) is 2.48. The Labute approximate surface area is 386 Å². The van der Waals surface area contributed by atoms with Gasteiger partial charge in [-0.25, -0.2) is 9.59 Å². The largest absolute Gasteiger partial charge is 0.493 e. The summed E-state index contributed by atoms with van der Waals surface area (Å²) >= 11 is 0. The van der Waals surface area contributed by atoms with E-state index >= 15 is 0 Å². The van der Waals surface area contributed by atoms with Crippen molar-refractivity contribution in [2.75, 3.05) is 46.2 Å². The topological polar surface area (TPSA) is 166 Å². The lowest BCUT2D eigenvalue weighted by atomic mass is 9.84. The molecule has 0 spiro atoms. The van der Waals surface area contributed by atoms with E-state index in [4.69, 9.17) is 43.2 Å². The van der Waals surface area contributed by atoms with Gasteiger partial charge in [-0.2, -0.15) is 5.26 Å². The van der Waals surface area contributed by atoms with E-state index in [-0.39, 0.29) is 55.6 Å². The fourth-order valence-corrected chi connectivity index (χ4v) is 6.00. The van der Waals surface area contributed by atoms with Gasteiger partial charge in [0, 0.05) is 0 Å². The SMILES string of the molecule is CCC(C)C(=O)OCCOc1ccc(C(=O)Oc2ccc(-c3ccc(C#N)cc3)cc2)cc1.CCC(C)C(=O)OCCOc1ccc(OC(=O)c2ccc(OCC3(CC)COC3)cc2)cc1. The summed E-state index contributed by atoms with van der Waals surface area (Å²) in [4.78, 5) is 48.1. The van der Waals surface area contributed by atoms with Gasteiger partial charge in [-0.05, 0) is 127 Å². The van der Waals surface area contributed by atoms with Crippen molar-refractivity contribution in [2.45, 2.75) is 53.9 Å². The third kappa shape index (κ3) is 15.2. The Balaban J connectivity index is 0.000000247. The van der Waals surface area contributed by atoms with E-state index in [2.05, 4.69) is 13.0 Å². The van der Waals surface area contributed by atoms with E-state index in [0.717, 1.165) is 43.6 Å². The first-order chi connectivity index (χ1) is 31.9. The van der Waals surface area contributed by atoms with Crippen LogP contribution in [0.25, 0.3) is 11.1 Å². The molecule has 0 radical (unpaired) electrons. The second-order valence-corrected chi connectivity index (χ2v) is 15.8. The molecule has 13 heteroatoms. The highest BCUT2D eigenvalue weighted by Gasteiger charge is 2.37. The molecule has 6 rings (SSSR count). The normalized spacial score (nSPS) is 13.2. The molecule has 0 aromatic heterocycles. The summed E-state index contributed by atoms with van der Waals surface area (Å²) < 4.78 is 43.4. The summed E-state index contributed by atoms with van der Waals surface area (Å²) in [6, 6.07) is 36.7. The van der Waals surface area contributed by atoms with Gasteiger partial charge in [0.1, 0.15) is 55.2 Å². The summed E-state index contributed by atoms with van der Waals surface area (Å²) in [5, 5.41) is 8.90. The molecule has 1 saturated heterocycles. The van der Waals surface area contributed by atoms with Crippen molar-refractivity contribution >= 4 is 23.9 Å². The highest BCUT2D eigenvalue weighted by atomic mass is 16.6. The fourth-order valence-electron chi connectivity index (χ4n) is 6.00. The quantitative estimate of drug-likeness (QED) is 0.0388. The number of esters is 4. The van der Waals surface area contributed by atoms with Crippen LogP contribution >= 0.6 is 0 Å². The Hall–Kier alpha value is -7.17. The maximum Gasteiger partial charge on any atom is 0.343 e. The number of benzene rings is 5. The average molecular weight is 900 g/mol. The monoisotopic (exact) mass is 899 g/mol. The molecule has 346 valence electrons. The van der Waals surface area contributed by atoms with Crippen LogP contribution in [0.2, 0.25) is 0 Å². The molecule has 1 fully saturated rings. The highest BCUT2D eigenvalue weighted by molar-refractivity contribution is 5.91. The Morgan fingerprint density at radius 2 is 0.924 bits per heavy atom. The van der Waals surface area contributed by atoms with Crippen molar-refractivity contribution in [1.29, 1.82) is 5.26 Å². The first-order valence-electron chi connectivity index (χ1n) is 22.1. The molecule has 5 aromatic carbocycles. The van der Waals surface area contributed by atoms with Crippen molar-refractivity contribution in [3.63, 3.8) is 0 Å². The number of hydrogen-bond donors (Lipinski definition) is 0. The fraction of sp³-hybridized carbons (Fsp3) is 0.340. The van der Waals surface area contributed by atoms with Crippen LogP contribution in [0.15, 0.2) is 121 Å². The van der Waals surface area contributed by atoms with Crippen molar-refractivity contribution in [1.82, 2.24) is 0 Å². The molecule has 1 aliphatic rings. The molecule has 0 N–H and O–H groups in total. The third-order valence-electron chi connectivity index (χ3n) is 11.0. The van der Waals surface area contributed by atoms with Gasteiger partial charge in [0.25, 0.3) is 0 Å². The maximum atomic E-state index is 12.4. The van der Waals surface area contributed by atoms with Crippen molar-refractivity contribution in [3.05, 3.63) is 138 Å². The smallest absolute Gasteiger partial charge is 0.343 e. The molecule has 2 atom stereocenters. The molecule has 2 unspecified atom stereocenters. The zero-order valence-corrected chi connectivity index (χ0v) is 38.1. The predicted octanol–water partition coefficient (Wildman–Crippen LogP) is 10.1. The lowest BCUT2D eigenvalue weighted by molar-refractivity contribution is -0.149. The summed E-state index contributed by atoms with van der Waals surface area (Å²) in [5.74, 6) is 1.09. The molecule has 0 amide bonds. The first kappa shape index (κ1) is 49.8. The molecule has 13 nitrogen and oxygen atoms in total. The molecule has 5 aromatic rings. The van der Waals surface area contributed by atoms with Gasteiger partial charge in [-0.3, -0.25) is 9.59 Å². The van der Waals surface area contributed by atoms with Crippen LogP contribution in [0.5, 0.6) is 28.7 Å². The van der Waals surface area contributed by atoms with Crippen molar-refractivity contribution < 1.29 is 57.1 Å². The van der Waals surface area contributed by atoms with E-state index in [0.29, 0.717) is 52.0 Å². The number of nitrogens with zero attached hydrogens (tertiary/aromatic N) is 1. The third-order valence-corrected chi connectivity index (χ3v) is 11.0. The van der Waals surface area contributed by atoms with Crippen molar-refractivity contribution in [3.8, 4) is 45.9 Å². The van der Waals surface area contributed by atoms with Gasteiger partial charge in [0.05, 0.1) is 59.8 Å². The standard InChI is InChI=1S/C27H25NO5.C26H32O7/c1-3-19(2)26(29)32-17-16-31-24-12-10-23(11-13-24)27(30)33-25-14-8-22(9-15-25)21-6-4-20(18-28)5-7-21;1-4-19(3)24(27)31-15-14-30-21-10-12-23(13-11-21)33-25(28)20-6-8-22(9-7-20)32-18-26(5-2)16-29-17-26/h4-15,19H,3,16-17H2,1-2H3;6-13,19H,4-5,14-18H2,1-3H3. The Morgan fingerprint density at radius 3 is 1.30 bits per heavy atom. The number of carbonyl (C=O) groups excluding carboxylic acids is 4. The number of carbonyl (C=O) groups is 4. The van der Waals surface area contributed by atoms with Crippen LogP contribution < -0.4 is 23.7 Å². The molecule has 0 saturated carbocycles. The predicted molar refractivity (Wildman–Crippen MR) is 247 cm³/mol. The molecular formula is C53H57NO12. The summed E-state index contributed by atoms with van der Waals surface area (Å²) in [7, 11) is 0. The van der Waals surface area contributed by atoms with E-state index in [1.54, 1.807) is 97.1 Å². The first-order valence-corrected chi connectivity index (χ1v) is 22.1. The van der Waals surface area contributed by atoms with Crippen LogP contribution in [0.4, 0.5) is 0 Å². The molecule has 0 aliphatic carbocycles. The second kappa shape index (κ2) is 25.4. The minimum absolute atomic E-state index is 0.103. The zero-order chi connectivity index (χ0) is 47.3. The van der Waals surface area contributed by atoms with Crippen LogP contribution in [0, 0.1) is 28.6 Å². The molecule has 0 bridgehead atoms. The van der Waals surface area contributed by atoms with Gasteiger partial charge >= 0.3 is 23.9 Å². The van der Waals surface area contributed by atoms with Gasteiger partial charge in [-0.15, -0.1) is 0 Å². The number of ether oxygens (including phenoxy) is 8. The Morgan fingerprint density at radius 1 is 0.545 bits per heavy atom. The van der Waals surface area contributed by atoms with E-state index in [1.807, 2.05) is 52.0 Å². The van der Waals surface area contributed by atoms with Gasteiger partial charge in [-0.1, -0.05) is 58.9 Å². The molecular weight excluding hydrogens is 843 g/mol. The maximum absolute atomic E-state index is 12.4. The lowest BCUT2D eigenvalue weighted by Crippen LogP contribution is -2.46. The second-order valence-electron chi connectivity index (χ2n) is 15.8. The van der Waals surface area contributed by atoms with Crippen molar-refractivity contribution in [2.24, 2.45) is 17.3 Å². The highest BCUT2D eigenvalue weighted by Crippen LogP contribution is 2.32. The van der Waals surface area contributed by atoms with Crippen LogP contribution in [-0.4, -0.2) is 70.1 Å².